The summed E-state index contributed by atoms with van der Waals surface area (Å²) < 4.78 is 1.75. The summed E-state index contributed by atoms with van der Waals surface area (Å²) in [5.74, 6) is 1.61. The SMILES string of the molecule is Cc1cc(N2CCC2=O)ncc1-c1cc2cc(NC(=O)[C@@H]3C[C@H]3c3cnn(C)c3)ncc2c(N)n1. The van der Waals surface area contributed by atoms with Gasteiger partial charge in [0.2, 0.25) is 11.8 Å². The lowest BCUT2D eigenvalue weighted by Gasteiger charge is -2.29. The van der Waals surface area contributed by atoms with Gasteiger partial charge < -0.3 is 11.1 Å². The van der Waals surface area contributed by atoms with Crippen molar-refractivity contribution in [3.63, 3.8) is 0 Å². The van der Waals surface area contributed by atoms with Gasteiger partial charge in [0.05, 0.1) is 11.9 Å². The highest BCUT2D eigenvalue weighted by molar-refractivity contribution is 6.00. The summed E-state index contributed by atoms with van der Waals surface area (Å²) in [5, 5.41) is 8.66. The molecule has 4 aromatic heterocycles. The molecule has 5 heterocycles. The van der Waals surface area contributed by atoms with Gasteiger partial charge >= 0.3 is 0 Å². The minimum absolute atomic E-state index is 0.0517. The van der Waals surface area contributed by atoms with Crippen LogP contribution in [0.4, 0.5) is 17.5 Å². The summed E-state index contributed by atoms with van der Waals surface area (Å²) in [6, 6.07) is 5.62. The average Bonchev–Trinajstić information content (AvgIpc) is 3.51. The second-order valence-electron chi connectivity index (χ2n) is 9.22. The number of aryl methyl sites for hydroxylation is 2. The number of hydrogen-bond donors (Lipinski definition) is 2. The van der Waals surface area contributed by atoms with Gasteiger partial charge in [-0.2, -0.15) is 5.10 Å². The Morgan fingerprint density at radius 1 is 1.17 bits per heavy atom. The molecule has 4 aromatic rings. The minimum Gasteiger partial charge on any atom is -0.383 e. The van der Waals surface area contributed by atoms with E-state index in [1.165, 1.54) is 0 Å². The van der Waals surface area contributed by atoms with Gasteiger partial charge in [-0.15, -0.1) is 0 Å². The van der Waals surface area contributed by atoms with E-state index in [1.807, 2.05) is 44.6 Å². The number of nitrogens with zero attached hydrogens (tertiary/aromatic N) is 6. The van der Waals surface area contributed by atoms with Crippen LogP contribution >= 0.6 is 0 Å². The fourth-order valence-electron chi connectivity index (χ4n) is 4.60. The quantitative estimate of drug-likeness (QED) is 0.431. The lowest BCUT2D eigenvalue weighted by atomic mass is 10.0. The van der Waals surface area contributed by atoms with Gasteiger partial charge in [0.15, 0.2) is 0 Å². The molecule has 0 aromatic carbocycles. The predicted octanol–water partition coefficient (Wildman–Crippen LogP) is 2.79. The second kappa shape index (κ2) is 7.86. The number of hydrogen-bond acceptors (Lipinski definition) is 7. The summed E-state index contributed by atoms with van der Waals surface area (Å²) in [5.41, 5.74) is 9.77. The first kappa shape index (κ1) is 21.2. The number of pyridine rings is 3. The summed E-state index contributed by atoms with van der Waals surface area (Å²) in [6.45, 7) is 2.65. The fraction of sp³-hybridized carbons (Fsp3) is 0.280. The van der Waals surface area contributed by atoms with Crippen LogP contribution < -0.4 is 16.0 Å². The number of rotatable bonds is 5. The summed E-state index contributed by atoms with van der Waals surface area (Å²) >= 11 is 0. The van der Waals surface area contributed by atoms with Crippen molar-refractivity contribution < 1.29 is 9.59 Å². The number of aromatic nitrogens is 5. The van der Waals surface area contributed by atoms with Crippen LogP contribution in [0.2, 0.25) is 0 Å². The number of nitrogens with one attached hydrogen (secondary N) is 1. The van der Waals surface area contributed by atoms with Gasteiger partial charge in [0, 0.05) is 55.5 Å². The van der Waals surface area contributed by atoms with E-state index in [4.69, 9.17) is 5.73 Å². The van der Waals surface area contributed by atoms with Crippen LogP contribution in [0.5, 0.6) is 0 Å². The number of fused-ring (bicyclic) bond motifs is 1. The van der Waals surface area contributed by atoms with E-state index < -0.39 is 0 Å². The second-order valence-corrected chi connectivity index (χ2v) is 9.22. The Morgan fingerprint density at radius 2 is 2.03 bits per heavy atom. The Morgan fingerprint density at radius 3 is 2.71 bits per heavy atom. The van der Waals surface area contributed by atoms with E-state index in [-0.39, 0.29) is 23.7 Å². The molecule has 2 fully saturated rings. The first-order valence-corrected chi connectivity index (χ1v) is 11.5. The van der Waals surface area contributed by atoms with Crippen molar-refractivity contribution >= 4 is 40.0 Å². The number of carbonyl (C=O) groups excluding carboxylic acids is 2. The molecule has 1 aliphatic heterocycles. The Balaban J connectivity index is 1.25. The Bertz CT molecular complexity index is 1510. The largest absolute Gasteiger partial charge is 0.383 e. The Kier molecular flexibility index (Phi) is 4.77. The van der Waals surface area contributed by atoms with E-state index in [9.17, 15) is 9.59 Å². The van der Waals surface area contributed by atoms with Gasteiger partial charge in [-0.1, -0.05) is 0 Å². The molecule has 1 saturated heterocycles. The van der Waals surface area contributed by atoms with Crippen LogP contribution in [0.1, 0.15) is 29.9 Å². The molecule has 0 unspecified atom stereocenters. The third-order valence-corrected chi connectivity index (χ3v) is 6.78. The molecule has 0 bridgehead atoms. The number of β-lactam (4-membered cyclic amide) rings is 1. The molecule has 1 aliphatic carbocycles. The maximum absolute atomic E-state index is 12.8. The van der Waals surface area contributed by atoms with Gasteiger partial charge in [0.1, 0.15) is 17.5 Å². The molecule has 0 radical (unpaired) electrons. The zero-order valence-electron chi connectivity index (χ0n) is 19.4. The van der Waals surface area contributed by atoms with Crippen molar-refractivity contribution in [1.82, 2.24) is 24.7 Å². The lowest BCUT2D eigenvalue weighted by Crippen LogP contribution is -2.43. The van der Waals surface area contributed by atoms with Gasteiger partial charge in [0.25, 0.3) is 0 Å². The number of amides is 2. The third-order valence-electron chi connectivity index (χ3n) is 6.78. The number of nitrogen functional groups attached to an aromatic ring is 1. The molecule has 35 heavy (non-hydrogen) atoms. The van der Waals surface area contributed by atoms with Crippen molar-refractivity contribution in [1.29, 1.82) is 0 Å². The number of nitrogens with two attached hydrogens (primary N) is 1. The van der Waals surface area contributed by atoms with E-state index in [1.54, 1.807) is 22.0 Å². The number of anilines is 3. The molecule has 10 nitrogen and oxygen atoms in total. The molecule has 1 saturated carbocycles. The van der Waals surface area contributed by atoms with Crippen molar-refractivity contribution in [2.45, 2.75) is 25.7 Å². The maximum atomic E-state index is 12.8. The van der Waals surface area contributed by atoms with E-state index >= 15 is 0 Å². The lowest BCUT2D eigenvalue weighted by molar-refractivity contribution is -0.122. The zero-order chi connectivity index (χ0) is 24.3. The Labute approximate surface area is 201 Å². The van der Waals surface area contributed by atoms with E-state index in [2.05, 4.69) is 25.4 Å². The molecule has 2 atom stereocenters. The first-order valence-electron chi connectivity index (χ1n) is 11.5. The Hall–Kier alpha value is -4.34. The molecule has 2 aliphatic rings. The van der Waals surface area contributed by atoms with Crippen molar-refractivity contribution in [2.75, 3.05) is 22.5 Å². The first-order chi connectivity index (χ1) is 16.9. The summed E-state index contributed by atoms with van der Waals surface area (Å²) in [6.07, 6.45) is 8.48. The molecule has 6 rings (SSSR count). The normalized spacial score (nSPS) is 19.0. The van der Waals surface area contributed by atoms with Crippen LogP contribution in [0.25, 0.3) is 22.0 Å². The topological polar surface area (TPSA) is 132 Å². The number of carbonyl (C=O) groups is 2. The maximum Gasteiger partial charge on any atom is 0.229 e. The zero-order valence-corrected chi connectivity index (χ0v) is 19.4. The van der Waals surface area contributed by atoms with E-state index in [0.29, 0.717) is 41.5 Å². The predicted molar refractivity (Wildman–Crippen MR) is 132 cm³/mol. The molecular weight excluding hydrogens is 444 g/mol. The van der Waals surface area contributed by atoms with Crippen molar-refractivity contribution in [2.24, 2.45) is 13.0 Å². The molecular formula is C25H24N8O2. The van der Waals surface area contributed by atoms with Crippen LogP contribution in [0, 0.1) is 12.8 Å². The van der Waals surface area contributed by atoms with Crippen LogP contribution in [0.3, 0.4) is 0 Å². The van der Waals surface area contributed by atoms with Gasteiger partial charge in [-0.3, -0.25) is 19.2 Å². The highest BCUT2D eigenvalue weighted by Gasteiger charge is 2.44. The summed E-state index contributed by atoms with van der Waals surface area (Å²) in [7, 11) is 1.87. The van der Waals surface area contributed by atoms with Gasteiger partial charge in [-0.05, 0) is 54.0 Å². The fourth-order valence-corrected chi connectivity index (χ4v) is 4.60. The van der Waals surface area contributed by atoms with Crippen molar-refractivity contribution in [3.05, 3.63) is 54.1 Å². The highest BCUT2D eigenvalue weighted by atomic mass is 16.2. The molecule has 3 N–H and O–H groups in total. The van der Waals surface area contributed by atoms with Crippen molar-refractivity contribution in [3.8, 4) is 11.3 Å². The standard InChI is InChI=1S/C25H24N8O2/c1-13-5-22(33-4-3-23(33)34)28-10-18(13)20-6-14-7-21(27-11-19(14)24(26)30-20)31-25(35)17-8-16(17)15-9-29-32(2)12-15/h5-7,9-12,16-17H,3-4,8H2,1-2H3,(H2,26,30)(H,27,31,35)/t16-,17+/m0/s1. The smallest absolute Gasteiger partial charge is 0.229 e. The van der Waals surface area contributed by atoms with Crippen LogP contribution in [0.15, 0.2) is 43.0 Å². The van der Waals surface area contributed by atoms with Crippen LogP contribution in [-0.2, 0) is 16.6 Å². The molecule has 2 amide bonds. The van der Waals surface area contributed by atoms with Crippen LogP contribution in [-0.4, -0.2) is 43.1 Å². The average molecular weight is 469 g/mol. The monoisotopic (exact) mass is 468 g/mol. The van der Waals surface area contributed by atoms with E-state index in [0.717, 1.165) is 28.5 Å². The third kappa shape index (κ3) is 3.76. The molecule has 0 spiro atoms. The highest BCUT2D eigenvalue weighted by Crippen LogP contribution is 2.47. The molecule has 176 valence electrons. The summed E-state index contributed by atoms with van der Waals surface area (Å²) in [4.78, 5) is 39.6. The minimum atomic E-state index is -0.0831. The molecule has 10 heteroatoms. The van der Waals surface area contributed by atoms with Gasteiger partial charge in [-0.25, -0.2) is 15.0 Å².